The van der Waals surface area contributed by atoms with E-state index in [1.165, 1.54) is 6.92 Å². The molecular weight excluding hydrogens is 402 g/mol. The summed E-state index contributed by atoms with van der Waals surface area (Å²) >= 11 is 0. The van der Waals surface area contributed by atoms with Crippen LogP contribution in [0, 0.1) is 13.8 Å². The number of sulfonamides is 1. The van der Waals surface area contributed by atoms with Gasteiger partial charge in [0.15, 0.2) is 0 Å². The minimum atomic E-state index is -3.71. The van der Waals surface area contributed by atoms with E-state index in [4.69, 9.17) is 0 Å². The average Bonchev–Trinajstić information content (AvgIpc) is 2.69. The second-order valence-electron chi connectivity index (χ2n) is 7.72. The molecule has 30 heavy (non-hydrogen) atoms. The molecule has 0 saturated carbocycles. The predicted octanol–water partition coefficient (Wildman–Crippen LogP) is 2.84. The summed E-state index contributed by atoms with van der Waals surface area (Å²) in [5, 5.41) is 2.87. The minimum Gasteiger partial charge on any atom is -0.352 e. The van der Waals surface area contributed by atoms with Crippen molar-refractivity contribution in [3.05, 3.63) is 59.2 Å². The lowest BCUT2D eigenvalue weighted by Gasteiger charge is -2.33. The van der Waals surface area contributed by atoms with Gasteiger partial charge in [-0.2, -0.15) is 0 Å². The molecule has 8 heteroatoms. The molecule has 1 fully saturated rings. The molecule has 2 amide bonds. The van der Waals surface area contributed by atoms with Crippen molar-refractivity contribution in [3.63, 3.8) is 0 Å². The van der Waals surface area contributed by atoms with Gasteiger partial charge in [-0.25, -0.2) is 8.42 Å². The van der Waals surface area contributed by atoms with Crippen LogP contribution in [-0.2, 0) is 14.8 Å². The number of aryl methyl sites for hydroxylation is 2. The summed E-state index contributed by atoms with van der Waals surface area (Å²) in [4.78, 5) is 26.0. The van der Waals surface area contributed by atoms with Crippen molar-refractivity contribution in [1.82, 2.24) is 10.2 Å². The van der Waals surface area contributed by atoms with Crippen molar-refractivity contribution in [2.24, 2.45) is 0 Å². The third-order valence-corrected chi connectivity index (χ3v) is 6.67. The molecule has 2 aromatic carbocycles. The van der Waals surface area contributed by atoms with E-state index in [9.17, 15) is 18.0 Å². The summed E-state index contributed by atoms with van der Waals surface area (Å²) in [6.07, 6.45) is 1.67. The Hall–Kier alpha value is -2.87. The lowest BCUT2D eigenvalue weighted by Crippen LogP contribution is -2.49. The molecule has 7 nitrogen and oxygen atoms in total. The highest BCUT2D eigenvalue weighted by Crippen LogP contribution is 2.20. The molecule has 3 rings (SSSR count). The number of benzene rings is 2. The van der Waals surface area contributed by atoms with E-state index in [2.05, 4.69) is 10.0 Å². The lowest BCUT2D eigenvalue weighted by molar-refractivity contribution is -0.120. The van der Waals surface area contributed by atoms with Gasteiger partial charge in [-0.3, -0.25) is 14.3 Å². The summed E-state index contributed by atoms with van der Waals surface area (Å²) in [5.74, 6) is -0.233. The van der Waals surface area contributed by atoms with Crippen LogP contribution in [0.25, 0.3) is 0 Å². The van der Waals surface area contributed by atoms with Crippen molar-refractivity contribution in [1.29, 1.82) is 0 Å². The van der Waals surface area contributed by atoms with E-state index in [1.807, 2.05) is 13.8 Å². The maximum Gasteiger partial charge on any atom is 0.261 e. The third-order valence-electron chi connectivity index (χ3n) is 5.29. The average molecular weight is 430 g/mol. The molecule has 1 aliphatic rings. The number of hydrogen-bond donors (Lipinski definition) is 2. The number of carbonyl (C=O) groups is 2. The second-order valence-corrected chi connectivity index (χ2v) is 9.40. The van der Waals surface area contributed by atoms with Crippen LogP contribution in [0.1, 0.15) is 41.3 Å². The van der Waals surface area contributed by atoms with E-state index < -0.39 is 10.0 Å². The molecule has 0 aliphatic carbocycles. The Morgan fingerprint density at radius 2 is 1.73 bits per heavy atom. The fraction of sp³-hybridized carbons (Fsp3) is 0.364. The number of rotatable bonds is 5. The normalized spacial score (nSPS) is 16.8. The van der Waals surface area contributed by atoms with E-state index >= 15 is 0 Å². The molecule has 1 aliphatic heterocycles. The Morgan fingerprint density at radius 3 is 2.37 bits per heavy atom. The van der Waals surface area contributed by atoms with Gasteiger partial charge in [0.25, 0.3) is 15.9 Å². The smallest absolute Gasteiger partial charge is 0.261 e. The van der Waals surface area contributed by atoms with Crippen molar-refractivity contribution in [3.8, 4) is 0 Å². The molecule has 0 aromatic heterocycles. The zero-order valence-electron chi connectivity index (χ0n) is 17.4. The first kappa shape index (κ1) is 21.8. The maximum absolute atomic E-state index is 12.8. The largest absolute Gasteiger partial charge is 0.352 e. The molecule has 1 heterocycles. The van der Waals surface area contributed by atoms with Crippen LogP contribution in [0.2, 0.25) is 0 Å². The van der Waals surface area contributed by atoms with Crippen LogP contribution < -0.4 is 10.0 Å². The summed E-state index contributed by atoms with van der Waals surface area (Å²) in [6, 6.07) is 11.3. The fourth-order valence-electron chi connectivity index (χ4n) is 3.53. The molecule has 1 atom stereocenters. The number of hydrogen-bond acceptors (Lipinski definition) is 4. The quantitative estimate of drug-likeness (QED) is 0.764. The number of carbonyl (C=O) groups excluding carboxylic acids is 2. The molecule has 160 valence electrons. The predicted molar refractivity (Wildman–Crippen MR) is 116 cm³/mol. The van der Waals surface area contributed by atoms with E-state index in [0.717, 1.165) is 24.0 Å². The monoisotopic (exact) mass is 429 g/mol. The van der Waals surface area contributed by atoms with Crippen molar-refractivity contribution in [2.45, 2.75) is 44.6 Å². The Bertz CT molecular complexity index is 1050. The first-order valence-corrected chi connectivity index (χ1v) is 11.4. The van der Waals surface area contributed by atoms with Crippen LogP contribution in [0.4, 0.5) is 5.69 Å². The molecule has 0 unspecified atom stereocenters. The molecule has 2 N–H and O–H groups in total. The summed E-state index contributed by atoms with van der Waals surface area (Å²) < 4.78 is 27.8. The van der Waals surface area contributed by atoms with Gasteiger partial charge in [0.2, 0.25) is 5.91 Å². The molecule has 2 aromatic rings. The van der Waals surface area contributed by atoms with Gasteiger partial charge in [-0.05, 0) is 74.2 Å². The number of amides is 2. The van der Waals surface area contributed by atoms with Gasteiger partial charge in [0, 0.05) is 37.3 Å². The van der Waals surface area contributed by atoms with E-state index in [1.54, 1.807) is 47.4 Å². The highest BCUT2D eigenvalue weighted by molar-refractivity contribution is 7.92. The van der Waals surface area contributed by atoms with Crippen molar-refractivity contribution in [2.75, 3.05) is 17.8 Å². The summed E-state index contributed by atoms with van der Waals surface area (Å²) in [7, 11) is -3.71. The maximum atomic E-state index is 12.8. The first-order chi connectivity index (χ1) is 14.2. The van der Waals surface area contributed by atoms with Crippen LogP contribution in [0.5, 0.6) is 0 Å². The van der Waals surface area contributed by atoms with Crippen molar-refractivity contribution >= 4 is 27.5 Å². The number of piperidine rings is 1. The minimum absolute atomic E-state index is 0.0377. The lowest BCUT2D eigenvalue weighted by atomic mass is 10.0. The topological polar surface area (TPSA) is 95.6 Å². The van der Waals surface area contributed by atoms with E-state index in [-0.39, 0.29) is 22.8 Å². The zero-order chi connectivity index (χ0) is 21.9. The SMILES string of the molecule is CC(=O)N[C@H]1CCCN(C(=O)c2ccc(NS(=O)(=O)c3ccc(C)c(C)c3)cc2)C1. The number of anilines is 1. The summed E-state index contributed by atoms with van der Waals surface area (Å²) in [5.41, 5.74) is 2.79. The fourth-order valence-corrected chi connectivity index (χ4v) is 4.67. The Labute approximate surface area is 177 Å². The third kappa shape index (κ3) is 5.18. The Balaban J connectivity index is 1.69. The van der Waals surface area contributed by atoms with Crippen LogP contribution >= 0.6 is 0 Å². The molecular formula is C22H27N3O4S. The second kappa shape index (κ2) is 8.87. The highest BCUT2D eigenvalue weighted by atomic mass is 32.2. The summed E-state index contributed by atoms with van der Waals surface area (Å²) in [6.45, 7) is 6.37. The molecule has 1 saturated heterocycles. The molecule has 0 bridgehead atoms. The van der Waals surface area contributed by atoms with Gasteiger partial charge >= 0.3 is 0 Å². The zero-order valence-corrected chi connectivity index (χ0v) is 18.3. The van der Waals surface area contributed by atoms with Crippen LogP contribution in [0.15, 0.2) is 47.4 Å². The van der Waals surface area contributed by atoms with Gasteiger partial charge in [-0.1, -0.05) is 6.07 Å². The standard InChI is InChI=1S/C22H27N3O4S/c1-15-6-11-21(13-16(15)2)30(28,29)24-19-9-7-18(8-10-19)22(27)25-12-4-5-20(14-25)23-17(3)26/h6-11,13,20,24H,4-5,12,14H2,1-3H3,(H,23,26)/t20-/m0/s1. The van der Waals surface area contributed by atoms with Crippen LogP contribution in [-0.4, -0.2) is 44.3 Å². The number of nitrogens with zero attached hydrogens (tertiary/aromatic N) is 1. The number of likely N-dealkylation sites (tertiary alicyclic amines) is 1. The highest BCUT2D eigenvalue weighted by Gasteiger charge is 2.25. The Morgan fingerprint density at radius 1 is 1.03 bits per heavy atom. The van der Waals surface area contributed by atoms with Crippen LogP contribution in [0.3, 0.4) is 0 Å². The Kier molecular flexibility index (Phi) is 6.45. The first-order valence-electron chi connectivity index (χ1n) is 9.92. The van der Waals surface area contributed by atoms with E-state index in [0.29, 0.717) is 24.3 Å². The number of nitrogens with one attached hydrogen (secondary N) is 2. The van der Waals surface area contributed by atoms with Gasteiger partial charge in [0.1, 0.15) is 0 Å². The van der Waals surface area contributed by atoms with Gasteiger partial charge < -0.3 is 10.2 Å². The van der Waals surface area contributed by atoms with Crippen molar-refractivity contribution < 1.29 is 18.0 Å². The molecule has 0 radical (unpaired) electrons. The van der Waals surface area contributed by atoms with Gasteiger partial charge in [-0.15, -0.1) is 0 Å². The van der Waals surface area contributed by atoms with Gasteiger partial charge in [0.05, 0.1) is 4.90 Å². The molecule has 0 spiro atoms.